The summed E-state index contributed by atoms with van der Waals surface area (Å²) in [5.41, 5.74) is 0. The first-order valence-electron chi connectivity index (χ1n) is 1.49. The van der Waals surface area contributed by atoms with Gasteiger partial charge in [0.2, 0.25) is 0 Å². The van der Waals surface area contributed by atoms with Crippen LogP contribution >= 0.6 is 22.6 Å². The largest absolute Gasteiger partial charge is 0.549 e. The van der Waals surface area contributed by atoms with Crippen LogP contribution in [0.4, 0.5) is 0 Å². The van der Waals surface area contributed by atoms with Gasteiger partial charge in [0.1, 0.15) is 0 Å². The van der Waals surface area contributed by atoms with Crippen LogP contribution in [0.15, 0.2) is 0 Å². The van der Waals surface area contributed by atoms with Crippen LogP contribution in [-0.2, 0) is 4.79 Å². The molecule has 0 aliphatic rings. The molecule has 0 saturated heterocycles. The molecule has 0 aromatic carbocycles. The molecule has 0 heterocycles. The van der Waals surface area contributed by atoms with Crippen molar-refractivity contribution in [1.29, 1.82) is 0 Å². The van der Waals surface area contributed by atoms with Crippen LogP contribution in [0.2, 0.25) is 0 Å². The van der Waals surface area contributed by atoms with Crippen molar-refractivity contribution in [3.05, 3.63) is 0 Å². The van der Waals surface area contributed by atoms with Crippen molar-refractivity contribution in [3.63, 3.8) is 0 Å². The van der Waals surface area contributed by atoms with Crippen molar-refractivity contribution >= 4 is 28.6 Å². The molecule has 0 N–H and O–H groups in total. The third-order valence-electron chi connectivity index (χ3n) is 0.325. The third kappa shape index (κ3) is 2.44. The number of aliphatic carboxylic acids is 1. The summed E-state index contributed by atoms with van der Waals surface area (Å²) in [4.78, 5) is 9.58. The summed E-state index contributed by atoms with van der Waals surface area (Å²) >= 11 is 1.77. The minimum absolute atomic E-state index is 0.373. The molecule has 0 spiro atoms. The molecule has 0 saturated carbocycles. The Balaban J connectivity index is 3.26. The first-order chi connectivity index (χ1) is 2.64. The fourth-order valence-electron chi connectivity index (χ4n) is 0. The number of carbonyl (C=O) groups excluding carboxylic acids is 1. The summed E-state index contributed by atoms with van der Waals surface area (Å²) in [6.45, 7) is 1.57. The van der Waals surface area contributed by atoms with Crippen molar-refractivity contribution in [3.8, 4) is 0 Å². The fraction of sp³-hybridized carbons (Fsp3) is 0.667. The van der Waals surface area contributed by atoms with Crippen LogP contribution < -0.4 is 5.11 Å². The van der Waals surface area contributed by atoms with Crippen LogP contribution in [0.25, 0.3) is 0 Å². The molecule has 0 aliphatic carbocycles. The van der Waals surface area contributed by atoms with Crippen LogP contribution in [0, 0.1) is 0 Å². The number of carboxylic acids is 1. The average molecular weight is 199 g/mol. The smallest absolute Gasteiger partial charge is 0.0540 e. The van der Waals surface area contributed by atoms with Crippen LogP contribution in [0.5, 0.6) is 0 Å². The first-order valence-corrected chi connectivity index (χ1v) is 2.74. The van der Waals surface area contributed by atoms with Gasteiger partial charge in [-0.15, -0.1) is 0 Å². The molecule has 0 amide bonds. The average Bonchev–Trinajstić information content (AvgIpc) is 1.36. The monoisotopic (exact) mass is 199 g/mol. The van der Waals surface area contributed by atoms with Gasteiger partial charge >= 0.3 is 0 Å². The predicted molar refractivity (Wildman–Crippen MR) is 28.5 cm³/mol. The Kier molecular flexibility index (Phi) is 2.47. The van der Waals surface area contributed by atoms with Crippen LogP contribution in [-0.4, -0.2) is 9.89 Å². The van der Waals surface area contributed by atoms with Crippen molar-refractivity contribution in [2.75, 3.05) is 0 Å². The Morgan fingerprint density at radius 1 is 2.00 bits per heavy atom. The van der Waals surface area contributed by atoms with Crippen LogP contribution in [0.1, 0.15) is 6.92 Å². The fourth-order valence-corrected chi connectivity index (χ4v) is 0. The van der Waals surface area contributed by atoms with Gasteiger partial charge in [-0.05, 0) is 6.92 Å². The highest BCUT2D eigenvalue weighted by atomic mass is 127. The number of hydrogen-bond donors (Lipinski definition) is 0. The topological polar surface area (TPSA) is 40.1 Å². The maximum Gasteiger partial charge on any atom is 0.0540 e. The normalized spacial score (nSPS) is 13.7. The van der Waals surface area contributed by atoms with E-state index in [1.54, 1.807) is 29.5 Å². The lowest BCUT2D eigenvalue weighted by molar-refractivity contribution is -0.303. The van der Waals surface area contributed by atoms with E-state index in [-0.39, 0.29) is 3.92 Å². The number of halogens is 1. The van der Waals surface area contributed by atoms with E-state index < -0.39 is 5.97 Å². The van der Waals surface area contributed by atoms with Gasteiger partial charge in [0.05, 0.1) is 5.97 Å². The second kappa shape index (κ2) is 2.39. The van der Waals surface area contributed by atoms with E-state index in [0.29, 0.717) is 0 Å². The highest BCUT2D eigenvalue weighted by Crippen LogP contribution is 1.93. The summed E-state index contributed by atoms with van der Waals surface area (Å²) in [6.07, 6.45) is 0. The Hall–Kier alpha value is 0.200. The second-order valence-electron chi connectivity index (χ2n) is 0.935. The molecule has 0 rings (SSSR count). The van der Waals surface area contributed by atoms with Gasteiger partial charge in [0, 0.05) is 3.92 Å². The minimum atomic E-state index is -1.00. The van der Waals surface area contributed by atoms with E-state index in [2.05, 4.69) is 0 Å². The Morgan fingerprint density at radius 3 is 2.17 bits per heavy atom. The maximum absolute atomic E-state index is 9.58. The molecule has 3 heteroatoms. The zero-order chi connectivity index (χ0) is 5.15. The van der Waals surface area contributed by atoms with E-state index >= 15 is 0 Å². The molecule has 0 bridgehead atoms. The molecule has 1 atom stereocenters. The first kappa shape index (κ1) is 6.20. The van der Waals surface area contributed by atoms with Gasteiger partial charge < -0.3 is 9.90 Å². The van der Waals surface area contributed by atoms with Crippen molar-refractivity contribution < 1.29 is 9.90 Å². The zero-order valence-electron chi connectivity index (χ0n) is 3.27. The molecular weight excluding hydrogens is 195 g/mol. The quantitative estimate of drug-likeness (QED) is 0.424. The minimum Gasteiger partial charge on any atom is -0.549 e. The lowest BCUT2D eigenvalue weighted by Gasteiger charge is -1.99. The highest BCUT2D eigenvalue weighted by Gasteiger charge is 1.89. The van der Waals surface area contributed by atoms with Crippen LogP contribution in [0.3, 0.4) is 0 Å². The van der Waals surface area contributed by atoms with E-state index in [9.17, 15) is 9.90 Å². The molecule has 0 aromatic rings. The van der Waals surface area contributed by atoms with E-state index in [1.165, 1.54) is 0 Å². The van der Waals surface area contributed by atoms with Gasteiger partial charge in [-0.2, -0.15) is 0 Å². The molecule has 36 valence electrons. The summed E-state index contributed by atoms with van der Waals surface area (Å²) in [5.74, 6) is -1.00. The number of carboxylic acid groups (broad SMARTS) is 1. The molecule has 0 aromatic heterocycles. The molecule has 6 heavy (non-hydrogen) atoms. The second-order valence-corrected chi connectivity index (χ2v) is 2.80. The Labute approximate surface area is 49.7 Å². The van der Waals surface area contributed by atoms with Gasteiger partial charge in [-0.3, -0.25) is 0 Å². The predicted octanol–water partition coefficient (Wildman–Crippen LogP) is -0.440. The van der Waals surface area contributed by atoms with Crippen molar-refractivity contribution in [2.24, 2.45) is 0 Å². The van der Waals surface area contributed by atoms with Crippen molar-refractivity contribution in [1.82, 2.24) is 0 Å². The Morgan fingerprint density at radius 2 is 2.17 bits per heavy atom. The number of alkyl halides is 1. The molecular formula is C3H4IO2-. The van der Waals surface area contributed by atoms with Gasteiger partial charge in [0.25, 0.3) is 0 Å². The van der Waals surface area contributed by atoms with E-state index in [4.69, 9.17) is 0 Å². The summed E-state index contributed by atoms with van der Waals surface area (Å²) < 4.78 is -0.373. The summed E-state index contributed by atoms with van der Waals surface area (Å²) in [5, 5.41) is 9.58. The number of hydrogen-bond acceptors (Lipinski definition) is 2. The standard InChI is InChI=1S/C3H5IO2/c1-2(4)3(5)6/h2H,1H3,(H,5,6)/p-1. The number of rotatable bonds is 1. The zero-order valence-corrected chi connectivity index (χ0v) is 5.43. The van der Waals surface area contributed by atoms with Gasteiger partial charge in [0.15, 0.2) is 0 Å². The molecule has 2 nitrogen and oxygen atoms in total. The molecule has 0 radical (unpaired) electrons. The maximum atomic E-state index is 9.58. The summed E-state index contributed by atoms with van der Waals surface area (Å²) in [7, 11) is 0. The van der Waals surface area contributed by atoms with Gasteiger partial charge in [-0.25, -0.2) is 0 Å². The SMILES string of the molecule is CC(I)C(=O)[O-]. The number of carbonyl (C=O) groups is 1. The third-order valence-corrected chi connectivity index (χ3v) is 0.833. The lowest BCUT2D eigenvalue weighted by atomic mass is 10.5. The molecule has 0 aliphatic heterocycles. The van der Waals surface area contributed by atoms with Crippen molar-refractivity contribution in [2.45, 2.75) is 10.8 Å². The van der Waals surface area contributed by atoms with E-state index in [0.717, 1.165) is 0 Å². The molecule has 1 unspecified atom stereocenters. The lowest BCUT2D eigenvalue weighted by Crippen LogP contribution is -2.29. The van der Waals surface area contributed by atoms with E-state index in [1.807, 2.05) is 0 Å². The van der Waals surface area contributed by atoms with Gasteiger partial charge in [-0.1, -0.05) is 22.6 Å². The summed E-state index contributed by atoms with van der Waals surface area (Å²) in [6, 6.07) is 0. The highest BCUT2D eigenvalue weighted by molar-refractivity contribution is 14.1. The molecule has 0 fully saturated rings. The Bertz CT molecular complexity index is 59.8.